The number of thioether (sulfide) groups is 1. The Morgan fingerprint density at radius 1 is 2.00 bits per heavy atom. The summed E-state index contributed by atoms with van der Waals surface area (Å²) < 4.78 is 0. The van der Waals surface area contributed by atoms with Gasteiger partial charge in [0, 0.05) is 0 Å². The van der Waals surface area contributed by atoms with Crippen molar-refractivity contribution in [3.63, 3.8) is 0 Å². The Kier molecular flexibility index (Phi) is 4.14. The van der Waals surface area contributed by atoms with Crippen molar-refractivity contribution in [1.82, 2.24) is 0 Å². The third-order valence-corrected chi connectivity index (χ3v) is 0.515. The Labute approximate surface area is 41.1 Å². The molecule has 0 aliphatic heterocycles. The van der Waals surface area contributed by atoms with Gasteiger partial charge in [0.25, 0.3) is 0 Å². The predicted octanol–water partition coefficient (Wildman–Crippen LogP) is 1.21. The lowest BCUT2D eigenvalue weighted by atomic mass is 11.7. The largest absolute Gasteiger partial charge is 0.181 e. The molecular weight excluding hydrogens is 96.1 g/mol. The van der Waals surface area contributed by atoms with Crippen LogP contribution < -0.4 is 0 Å². The minimum atomic E-state index is 1.42. The van der Waals surface area contributed by atoms with E-state index in [-0.39, 0.29) is 0 Å². The first kappa shape index (κ1) is 5.51. The van der Waals surface area contributed by atoms with Gasteiger partial charge in [0.1, 0.15) is 5.55 Å². The van der Waals surface area contributed by atoms with E-state index in [9.17, 15) is 0 Å². The predicted molar refractivity (Wildman–Crippen MR) is 28.6 cm³/mol. The molecule has 0 aromatic heterocycles. The van der Waals surface area contributed by atoms with Crippen LogP contribution in [0.4, 0.5) is 0 Å². The minimum absolute atomic E-state index is 1.42. The van der Waals surface area contributed by atoms with Crippen molar-refractivity contribution >= 4 is 17.3 Å². The molecule has 2 nitrogen and oxygen atoms in total. The van der Waals surface area contributed by atoms with E-state index < -0.39 is 0 Å². The Bertz CT molecular complexity index is 81.3. The fourth-order valence-corrected chi connectivity index (χ4v) is 0.212. The Morgan fingerprint density at radius 3 is 2.83 bits per heavy atom. The van der Waals surface area contributed by atoms with Gasteiger partial charge in [-0.1, -0.05) is 0 Å². The standard InChI is InChI=1S/C3H4N2S/c1-4-5-3-6-2/h3H,2H3. The van der Waals surface area contributed by atoms with E-state index in [2.05, 4.69) is 10.1 Å². The summed E-state index contributed by atoms with van der Waals surface area (Å²) in [7, 11) is 0. The minimum Gasteiger partial charge on any atom is -0.181 e. The van der Waals surface area contributed by atoms with Gasteiger partial charge in [-0.25, -0.2) is 0 Å². The SMILES string of the molecule is [C-]#[N+]N=CSC. The number of nitrogens with zero attached hydrogens (tertiary/aromatic N) is 2. The summed E-state index contributed by atoms with van der Waals surface area (Å²) in [6.07, 6.45) is 1.86. The van der Waals surface area contributed by atoms with Crippen LogP contribution in [0.5, 0.6) is 0 Å². The zero-order chi connectivity index (χ0) is 4.83. The summed E-state index contributed by atoms with van der Waals surface area (Å²) in [6.45, 7) is 6.12. The van der Waals surface area contributed by atoms with Crippen LogP contribution in [0.15, 0.2) is 5.10 Å². The van der Waals surface area contributed by atoms with Crippen LogP contribution in [0.3, 0.4) is 0 Å². The van der Waals surface area contributed by atoms with E-state index in [1.807, 2.05) is 6.26 Å². The zero-order valence-electron chi connectivity index (χ0n) is 3.38. The lowest BCUT2D eigenvalue weighted by molar-refractivity contribution is 1.62. The van der Waals surface area contributed by atoms with Crippen LogP contribution >= 0.6 is 11.8 Å². The molecule has 0 rings (SSSR count). The van der Waals surface area contributed by atoms with Gasteiger partial charge in [0.05, 0.1) is 5.10 Å². The van der Waals surface area contributed by atoms with E-state index in [0.717, 1.165) is 0 Å². The van der Waals surface area contributed by atoms with Crippen molar-refractivity contribution in [3.8, 4) is 0 Å². The monoisotopic (exact) mass is 100 g/mol. The van der Waals surface area contributed by atoms with Crippen LogP contribution in [-0.4, -0.2) is 11.8 Å². The smallest absolute Gasteiger partial charge is 0.142 e. The highest BCUT2D eigenvalue weighted by molar-refractivity contribution is 8.11. The van der Waals surface area contributed by atoms with Crippen molar-refractivity contribution in [2.75, 3.05) is 6.26 Å². The maximum Gasteiger partial charge on any atom is 0.142 e. The summed E-state index contributed by atoms with van der Waals surface area (Å²) >= 11 is 1.42. The van der Waals surface area contributed by atoms with E-state index in [0.29, 0.717) is 0 Å². The van der Waals surface area contributed by atoms with Gasteiger partial charge in [-0.05, 0) is 6.26 Å². The Hall–Kier alpha value is -0.490. The van der Waals surface area contributed by atoms with E-state index >= 15 is 0 Å². The molecule has 0 saturated carbocycles. The van der Waals surface area contributed by atoms with Gasteiger partial charge in [-0.15, -0.1) is 16.7 Å². The highest BCUT2D eigenvalue weighted by Crippen LogP contribution is 1.81. The lowest BCUT2D eigenvalue weighted by Crippen LogP contribution is -1.49. The highest BCUT2D eigenvalue weighted by Gasteiger charge is 1.61. The summed E-state index contributed by atoms with van der Waals surface area (Å²) in [6, 6.07) is 0. The third kappa shape index (κ3) is 3.51. The van der Waals surface area contributed by atoms with Gasteiger partial charge in [0.15, 0.2) is 0 Å². The van der Waals surface area contributed by atoms with Crippen LogP contribution in [0, 0.1) is 6.57 Å². The second-order valence-corrected chi connectivity index (χ2v) is 1.24. The molecule has 32 valence electrons. The molecule has 0 fully saturated rings. The van der Waals surface area contributed by atoms with Crippen LogP contribution in [0.1, 0.15) is 0 Å². The molecule has 0 unspecified atom stereocenters. The zero-order valence-corrected chi connectivity index (χ0v) is 4.20. The molecule has 0 radical (unpaired) electrons. The van der Waals surface area contributed by atoms with Crippen LogP contribution in [0.2, 0.25) is 0 Å². The lowest BCUT2D eigenvalue weighted by Gasteiger charge is -1.60. The molecule has 0 aromatic rings. The van der Waals surface area contributed by atoms with Crippen molar-refractivity contribution in [2.45, 2.75) is 0 Å². The quantitative estimate of drug-likeness (QED) is 0.209. The topological polar surface area (TPSA) is 16.7 Å². The van der Waals surface area contributed by atoms with Crippen molar-refractivity contribution in [3.05, 3.63) is 11.5 Å². The first-order chi connectivity index (χ1) is 2.91. The maximum absolute atomic E-state index is 6.12. The molecule has 0 aliphatic rings. The van der Waals surface area contributed by atoms with Crippen molar-refractivity contribution in [2.24, 2.45) is 5.10 Å². The average Bonchev–Trinajstić information content (AvgIpc) is 1.61. The summed E-state index contributed by atoms with van der Waals surface area (Å²) in [5.41, 5.74) is 1.49. The molecule has 0 aliphatic carbocycles. The molecule has 0 saturated heterocycles. The fraction of sp³-hybridized carbons (Fsp3) is 0.333. The summed E-state index contributed by atoms with van der Waals surface area (Å²) in [5.74, 6) is 0. The van der Waals surface area contributed by atoms with E-state index in [4.69, 9.17) is 6.57 Å². The molecule has 0 aromatic carbocycles. The summed E-state index contributed by atoms with van der Waals surface area (Å²) in [4.78, 5) is 2.72. The fourth-order valence-electron chi connectivity index (χ4n) is 0.0707. The molecular formula is C3H4N2S. The van der Waals surface area contributed by atoms with Gasteiger partial charge in [-0.3, -0.25) is 0 Å². The average molecular weight is 100 g/mol. The molecule has 0 atom stereocenters. The van der Waals surface area contributed by atoms with Gasteiger partial charge in [0.2, 0.25) is 0 Å². The van der Waals surface area contributed by atoms with E-state index in [1.165, 1.54) is 17.3 Å². The number of hydrogen-bond donors (Lipinski definition) is 0. The van der Waals surface area contributed by atoms with Crippen molar-refractivity contribution < 1.29 is 0 Å². The molecule has 0 spiro atoms. The second kappa shape index (κ2) is 4.51. The molecule has 6 heavy (non-hydrogen) atoms. The summed E-state index contributed by atoms with van der Waals surface area (Å²) in [5, 5.41) is 3.22. The first-order valence-corrected chi connectivity index (χ1v) is 2.61. The third-order valence-electron chi connectivity index (χ3n) is 0.210. The van der Waals surface area contributed by atoms with E-state index in [1.54, 1.807) is 0 Å². The highest BCUT2D eigenvalue weighted by atomic mass is 32.2. The first-order valence-electron chi connectivity index (χ1n) is 1.33. The van der Waals surface area contributed by atoms with Gasteiger partial charge >= 0.3 is 0 Å². The molecule has 0 amide bonds. The molecule has 0 N–H and O–H groups in total. The van der Waals surface area contributed by atoms with Crippen LogP contribution in [-0.2, 0) is 0 Å². The molecule has 0 heterocycles. The molecule has 0 bridgehead atoms. The number of rotatable bonds is 1. The maximum atomic E-state index is 6.12. The second-order valence-electron chi connectivity index (χ2n) is 0.557. The van der Waals surface area contributed by atoms with Crippen LogP contribution in [0.25, 0.3) is 4.95 Å². The Morgan fingerprint density at radius 2 is 2.67 bits per heavy atom. The van der Waals surface area contributed by atoms with Gasteiger partial charge < -0.3 is 0 Å². The molecule has 3 heteroatoms. The Balaban J connectivity index is 3.02. The van der Waals surface area contributed by atoms with Crippen molar-refractivity contribution in [1.29, 1.82) is 0 Å². The number of hydrogen-bond acceptors (Lipinski definition) is 2. The normalized spacial score (nSPS) is 8.67. The van der Waals surface area contributed by atoms with Gasteiger partial charge in [-0.2, -0.15) is 6.57 Å².